The fraction of sp³-hybridized carbons (Fsp3) is 0.567. The molecule has 1 aromatic rings. The minimum Gasteiger partial charge on any atom is -0.492 e. The van der Waals surface area contributed by atoms with Crippen LogP contribution in [-0.4, -0.2) is 38.2 Å². The normalized spacial score (nSPS) is 22.0. The lowest BCUT2D eigenvalue weighted by atomic mass is 9.71. The molecule has 0 amide bonds. The monoisotopic (exact) mass is 479 g/mol. The van der Waals surface area contributed by atoms with Gasteiger partial charge in [-0.05, 0) is 82.5 Å². The van der Waals surface area contributed by atoms with Gasteiger partial charge in [0.05, 0.1) is 7.11 Å². The maximum absolute atomic E-state index is 13.0. The highest BCUT2D eigenvalue weighted by Crippen LogP contribution is 2.50. The number of ketones is 1. The lowest BCUT2D eigenvalue weighted by molar-refractivity contribution is -0.115. The van der Waals surface area contributed by atoms with E-state index in [1.165, 1.54) is 30.4 Å². The molecule has 0 saturated heterocycles. The largest absolute Gasteiger partial charge is 0.492 e. The summed E-state index contributed by atoms with van der Waals surface area (Å²) in [5.74, 6) is 2.21. The van der Waals surface area contributed by atoms with E-state index in [-0.39, 0.29) is 18.6 Å². The number of nitrogens with zero attached hydrogens (tertiary/aromatic N) is 1. The molecule has 1 atom stereocenters. The zero-order valence-electron chi connectivity index (χ0n) is 22.3. The van der Waals surface area contributed by atoms with Crippen molar-refractivity contribution >= 4 is 5.78 Å². The van der Waals surface area contributed by atoms with Gasteiger partial charge in [-0.25, -0.2) is 0 Å². The van der Waals surface area contributed by atoms with Crippen LogP contribution in [0.25, 0.3) is 0 Å². The van der Waals surface area contributed by atoms with Crippen molar-refractivity contribution in [3.8, 4) is 17.2 Å². The maximum Gasteiger partial charge on any atom is 0.231 e. The van der Waals surface area contributed by atoms with Crippen LogP contribution in [0.5, 0.6) is 17.2 Å². The van der Waals surface area contributed by atoms with Crippen LogP contribution in [0.15, 0.2) is 41.0 Å². The summed E-state index contributed by atoms with van der Waals surface area (Å²) in [5, 5.41) is 0. The van der Waals surface area contributed by atoms with Crippen LogP contribution in [0.1, 0.15) is 83.4 Å². The average molecular weight is 480 g/mol. The number of benzene rings is 1. The summed E-state index contributed by atoms with van der Waals surface area (Å²) in [4.78, 5) is 15.2. The van der Waals surface area contributed by atoms with Gasteiger partial charge in [0.1, 0.15) is 0 Å². The molecule has 190 valence electrons. The highest BCUT2D eigenvalue weighted by atomic mass is 16.7. The van der Waals surface area contributed by atoms with Gasteiger partial charge in [0.2, 0.25) is 12.5 Å². The Hall–Kier alpha value is -2.53. The Morgan fingerprint density at radius 1 is 1.29 bits per heavy atom. The number of allylic oxidation sites excluding steroid dienone is 6. The van der Waals surface area contributed by atoms with Crippen molar-refractivity contribution in [2.24, 2.45) is 5.41 Å². The van der Waals surface area contributed by atoms with E-state index in [1.54, 1.807) is 24.3 Å². The number of rotatable bonds is 8. The molecule has 4 rings (SSSR count). The molecular formula is C30H41NO4. The third-order valence-corrected chi connectivity index (χ3v) is 8.06. The number of carbonyl (C=O) groups excluding carboxylic acids is 1. The van der Waals surface area contributed by atoms with Crippen LogP contribution in [0, 0.1) is 5.41 Å². The average Bonchev–Trinajstić information content (AvgIpc) is 3.27. The summed E-state index contributed by atoms with van der Waals surface area (Å²) in [7, 11) is 3.73. The molecule has 0 bridgehead atoms. The zero-order valence-corrected chi connectivity index (χ0v) is 22.3. The molecule has 0 spiro atoms. The third kappa shape index (κ3) is 5.50. The van der Waals surface area contributed by atoms with E-state index in [9.17, 15) is 4.79 Å². The molecule has 2 heterocycles. The van der Waals surface area contributed by atoms with Gasteiger partial charge in [0.15, 0.2) is 17.3 Å². The summed E-state index contributed by atoms with van der Waals surface area (Å²) < 4.78 is 17.0. The van der Waals surface area contributed by atoms with Gasteiger partial charge in [-0.1, -0.05) is 42.7 Å². The number of ether oxygens (including phenoxy) is 3. The Morgan fingerprint density at radius 2 is 2.09 bits per heavy atom. The van der Waals surface area contributed by atoms with E-state index in [4.69, 9.17) is 14.2 Å². The summed E-state index contributed by atoms with van der Waals surface area (Å²) >= 11 is 0. The first-order valence-electron chi connectivity index (χ1n) is 13.0. The number of methoxy groups -OCH3 is 1. The molecule has 5 heteroatoms. The molecule has 0 radical (unpaired) electrons. The Kier molecular flexibility index (Phi) is 7.75. The van der Waals surface area contributed by atoms with Crippen LogP contribution in [0.2, 0.25) is 0 Å². The SMILES string of the molecule is COc1c2c(cc3c1[C@H](CC(=O)C=CC=C(C)CCC1=C(C)CCCC1(C)C)N(C)CC3)OCO2. The molecule has 2 aliphatic heterocycles. The molecule has 0 N–H and O–H groups in total. The van der Waals surface area contributed by atoms with Crippen molar-refractivity contribution in [2.75, 3.05) is 27.5 Å². The highest BCUT2D eigenvalue weighted by Gasteiger charge is 2.34. The Bertz CT molecular complexity index is 1060. The van der Waals surface area contributed by atoms with Gasteiger partial charge in [0.25, 0.3) is 0 Å². The highest BCUT2D eigenvalue weighted by molar-refractivity contribution is 5.90. The van der Waals surface area contributed by atoms with E-state index in [0.29, 0.717) is 23.3 Å². The second kappa shape index (κ2) is 10.6. The molecule has 1 aliphatic carbocycles. The van der Waals surface area contributed by atoms with E-state index < -0.39 is 0 Å². The van der Waals surface area contributed by atoms with Gasteiger partial charge >= 0.3 is 0 Å². The minimum atomic E-state index is -0.0473. The number of fused-ring (bicyclic) bond motifs is 2. The van der Waals surface area contributed by atoms with E-state index >= 15 is 0 Å². The number of hydrogen-bond donors (Lipinski definition) is 0. The number of likely N-dealkylation sites (N-methyl/N-ethyl adjacent to an activating group) is 1. The lowest BCUT2D eigenvalue weighted by Gasteiger charge is -2.35. The van der Waals surface area contributed by atoms with Crippen molar-refractivity contribution in [3.63, 3.8) is 0 Å². The van der Waals surface area contributed by atoms with Crippen molar-refractivity contribution < 1.29 is 19.0 Å². The standard InChI is InChI=1S/C30H41NO4/c1-20(12-13-24-21(2)10-8-15-30(24,3)4)9-7-11-23(32)18-25-27-22(14-16-31(25)5)17-26-28(29(27)33-6)35-19-34-26/h7,9,11,17,25H,8,10,12-16,18-19H2,1-6H3/t25-/m0/s1. The van der Waals surface area contributed by atoms with Gasteiger partial charge in [-0.3, -0.25) is 9.69 Å². The van der Waals surface area contributed by atoms with Crippen molar-refractivity contribution in [1.29, 1.82) is 0 Å². The van der Waals surface area contributed by atoms with Crippen LogP contribution < -0.4 is 14.2 Å². The van der Waals surface area contributed by atoms with Gasteiger partial charge in [-0.15, -0.1) is 0 Å². The van der Waals surface area contributed by atoms with Gasteiger partial charge in [0, 0.05) is 24.6 Å². The Labute approximate surface area is 210 Å². The first-order chi connectivity index (χ1) is 16.7. The molecule has 3 aliphatic rings. The molecule has 5 nitrogen and oxygen atoms in total. The fourth-order valence-corrected chi connectivity index (χ4v) is 5.99. The molecule has 0 unspecified atom stereocenters. The number of carbonyl (C=O) groups is 1. The zero-order chi connectivity index (χ0) is 25.2. The molecule has 0 saturated carbocycles. The quantitative estimate of drug-likeness (QED) is 0.235. The smallest absolute Gasteiger partial charge is 0.231 e. The maximum atomic E-state index is 13.0. The molecule has 35 heavy (non-hydrogen) atoms. The third-order valence-electron chi connectivity index (χ3n) is 8.06. The molecule has 1 aromatic carbocycles. The van der Waals surface area contributed by atoms with Crippen LogP contribution in [0.3, 0.4) is 0 Å². The topological polar surface area (TPSA) is 48.0 Å². The van der Waals surface area contributed by atoms with E-state index in [1.807, 2.05) is 6.08 Å². The first-order valence-corrected chi connectivity index (χ1v) is 13.0. The van der Waals surface area contributed by atoms with Crippen molar-refractivity contribution in [1.82, 2.24) is 4.90 Å². The predicted molar refractivity (Wildman–Crippen MR) is 140 cm³/mol. The Morgan fingerprint density at radius 3 is 2.83 bits per heavy atom. The van der Waals surface area contributed by atoms with Crippen LogP contribution >= 0.6 is 0 Å². The Balaban J connectivity index is 1.42. The minimum absolute atomic E-state index is 0.0473. The summed E-state index contributed by atoms with van der Waals surface area (Å²) in [5.41, 5.74) is 7.06. The van der Waals surface area contributed by atoms with E-state index in [2.05, 4.69) is 51.8 Å². The second-order valence-electron chi connectivity index (χ2n) is 11.0. The van der Waals surface area contributed by atoms with E-state index in [0.717, 1.165) is 37.1 Å². The van der Waals surface area contributed by atoms with Gasteiger partial charge < -0.3 is 14.2 Å². The van der Waals surface area contributed by atoms with Crippen molar-refractivity contribution in [3.05, 3.63) is 52.1 Å². The lowest BCUT2D eigenvalue weighted by Crippen LogP contribution is -2.33. The fourth-order valence-electron chi connectivity index (χ4n) is 5.99. The van der Waals surface area contributed by atoms with Crippen LogP contribution in [-0.2, 0) is 11.2 Å². The van der Waals surface area contributed by atoms with Crippen molar-refractivity contribution in [2.45, 2.75) is 78.7 Å². The molecule has 0 aromatic heterocycles. The summed E-state index contributed by atoms with van der Waals surface area (Å²) in [6.07, 6.45) is 13.0. The predicted octanol–water partition coefficient (Wildman–Crippen LogP) is 6.72. The van der Waals surface area contributed by atoms with Gasteiger partial charge in [-0.2, -0.15) is 0 Å². The molecule has 0 fully saturated rings. The number of hydrogen-bond acceptors (Lipinski definition) is 5. The second-order valence-corrected chi connectivity index (χ2v) is 11.0. The molecular weight excluding hydrogens is 438 g/mol. The first kappa shape index (κ1) is 25.6. The summed E-state index contributed by atoms with van der Waals surface area (Å²) in [6, 6.07) is 2.01. The van der Waals surface area contributed by atoms with Crippen LogP contribution in [0.4, 0.5) is 0 Å². The summed E-state index contributed by atoms with van der Waals surface area (Å²) in [6.45, 7) is 10.3.